The van der Waals surface area contributed by atoms with Gasteiger partial charge in [0.15, 0.2) is 0 Å². The van der Waals surface area contributed by atoms with Gasteiger partial charge < -0.3 is 9.64 Å². The van der Waals surface area contributed by atoms with Gasteiger partial charge in [-0.3, -0.25) is 0 Å². The zero-order valence-electron chi connectivity index (χ0n) is 14.1. The Hall–Kier alpha value is -1.02. The largest absolute Gasteiger partial charge is 0.378 e. The summed E-state index contributed by atoms with van der Waals surface area (Å²) >= 11 is 0. The molecule has 120 valence electrons. The van der Waals surface area contributed by atoms with Crippen molar-refractivity contribution in [1.29, 1.82) is 0 Å². The van der Waals surface area contributed by atoms with Crippen molar-refractivity contribution in [3.63, 3.8) is 0 Å². The maximum atomic E-state index is 5.60. The van der Waals surface area contributed by atoms with Crippen molar-refractivity contribution in [1.82, 2.24) is 0 Å². The lowest BCUT2D eigenvalue weighted by Crippen LogP contribution is -2.37. The fourth-order valence-corrected chi connectivity index (χ4v) is 4.17. The summed E-state index contributed by atoms with van der Waals surface area (Å²) in [4.78, 5) is 2.62. The summed E-state index contributed by atoms with van der Waals surface area (Å²) in [5.74, 6) is 3.27. The van der Waals surface area contributed by atoms with E-state index in [-0.39, 0.29) is 0 Å². The zero-order valence-corrected chi connectivity index (χ0v) is 14.1. The minimum atomic E-state index is 0.712. The summed E-state index contributed by atoms with van der Waals surface area (Å²) in [6.45, 7) is 8.76. The molecule has 0 amide bonds. The molecule has 0 N–H and O–H groups in total. The molecular formula is C20H29NO. The van der Waals surface area contributed by atoms with Gasteiger partial charge >= 0.3 is 0 Å². The van der Waals surface area contributed by atoms with Gasteiger partial charge in [-0.15, -0.1) is 0 Å². The van der Waals surface area contributed by atoms with Crippen LogP contribution < -0.4 is 4.90 Å². The Bertz CT molecular complexity index is 490. The highest BCUT2D eigenvalue weighted by Crippen LogP contribution is 2.50. The fraction of sp³-hybridized carbons (Fsp3) is 0.700. The number of ether oxygens (including phenoxy) is 1. The lowest BCUT2D eigenvalue weighted by atomic mass is 9.86. The van der Waals surface area contributed by atoms with E-state index < -0.39 is 0 Å². The SMILES string of the molecule is CC(c1cccc(C(C)C2CC2)c1N1CCOCC1)C1CC1. The second kappa shape index (κ2) is 5.88. The maximum absolute atomic E-state index is 5.60. The van der Waals surface area contributed by atoms with Crippen molar-refractivity contribution in [2.45, 2.75) is 51.4 Å². The Morgan fingerprint density at radius 3 is 1.86 bits per heavy atom. The van der Waals surface area contributed by atoms with E-state index in [9.17, 15) is 0 Å². The van der Waals surface area contributed by atoms with Crippen molar-refractivity contribution in [2.75, 3.05) is 31.2 Å². The van der Waals surface area contributed by atoms with E-state index in [1.807, 2.05) is 0 Å². The highest BCUT2D eigenvalue weighted by atomic mass is 16.5. The number of anilines is 1. The van der Waals surface area contributed by atoms with Crippen LogP contribution >= 0.6 is 0 Å². The summed E-state index contributed by atoms with van der Waals surface area (Å²) in [5, 5.41) is 0. The van der Waals surface area contributed by atoms with E-state index in [1.54, 1.807) is 16.8 Å². The van der Waals surface area contributed by atoms with Crippen molar-refractivity contribution >= 4 is 5.69 Å². The number of hydrogen-bond acceptors (Lipinski definition) is 2. The van der Waals surface area contributed by atoms with Crippen LogP contribution in [0.2, 0.25) is 0 Å². The minimum Gasteiger partial charge on any atom is -0.378 e. The predicted octanol–water partition coefficient (Wildman–Crippen LogP) is 4.55. The van der Waals surface area contributed by atoms with E-state index in [0.29, 0.717) is 11.8 Å². The molecule has 0 aromatic heterocycles. The lowest BCUT2D eigenvalue weighted by molar-refractivity contribution is 0.122. The Balaban J connectivity index is 1.73. The van der Waals surface area contributed by atoms with Crippen LogP contribution in [0.4, 0.5) is 5.69 Å². The molecule has 0 spiro atoms. The van der Waals surface area contributed by atoms with E-state index >= 15 is 0 Å². The van der Waals surface area contributed by atoms with Crippen LogP contribution in [0.1, 0.15) is 62.5 Å². The number of rotatable bonds is 5. The van der Waals surface area contributed by atoms with Crippen LogP contribution in [0, 0.1) is 11.8 Å². The third-order valence-electron chi connectivity index (χ3n) is 6.07. The number of nitrogens with zero attached hydrogens (tertiary/aromatic N) is 1. The third-order valence-corrected chi connectivity index (χ3v) is 6.07. The van der Waals surface area contributed by atoms with Crippen molar-refractivity contribution in [2.24, 2.45) is 11.8 Å². The van der Waals surface area contributed by atoms with E-state index in [1.165, 1.54) is 25.7 Å². The molecule has 4 rings (SSSR count). The zero-order chi connectivity index (χ0) is 15.1. The first-order valence-corrected chi connectivity index (χ1v) is 9.21. The normalized spacial score (nSPS) is 25.1. The fourth-order valence-electron chi connectivity index (χ4n) is 4.17. The first-order chi connectivity index (χ1) is 10.8. The minimum absolute atomic E-state index is 0.712. The van der Waals surface area contributed by atoms with Crippen LogP contribution in [0.5, 0.6) is 0 Å². The molecule has 2 saturated carbocycles. The molecule has 1 heterocycles. The Morgan fingerprint density at radius 1 is 0.909 bits per heavy atom. The summed E-state index contributed by atoms with van der Waals surface area (Å²) in [7, 11) is 0. The van der Waals surface area contributed by atoms with Gasteiger partial charge in [-0.1, -0.05) is 32.0 Å². The van der Waals surface area contributed by atoms with Crippen molar-refractivity contribution < 1.29 is 4.74 Å². The van der Waals surface area contributed by atoms with Crippen LogP contribution in [-0.2, 0) is 4.74 Å². The van der Waals surface area contributed by atoms with Gasteiger partial charge in [0.2, 0.25) is 0 Å². The molecule has 0 bridgehead atoms. The molecule has 1 aliphatic heterocycles. The highest BCUT2D eigenvalue weighted by molar-refractivity contribution is 5.63. The summed E-state index contributed by atoms with van der Waals surface area (Å²) in [6.07, 6.45) is 5.69. The number of benzene rings is 1. The Labute approximate surface area is 134 Å². The van der Waals surface area contributed by atoms with Crippen molar-refractivity contribution in [3.05, 3.63) is 29.3 Å². The predicted molar refractivity (Wildman–Crippen MR) is 91.8 cm³/mol. The highest BCUT2D eigenvalue weighted by Gasteiger charge is 2.35. The topological polar surface area (TPSA) is 12.5 Å². The smallest absolute Gasteiger partial charge is 0.0642 e. The van der Waals surface area contributed by atoms with Gasteiger partial charge in [0.25, 0.3) is 0 Å². The molecule has 3 fully saturated rings. The molecule has 0 radical (unpaired) electrons. The van der Waals surface area contributed by atoms with Crippen LogP contribution in [0.3, 0.4) is 0 Å². The number of hydrogen-bond donors (Lipinski definition) is 0. The second-order valence-corrected chi connectivity index (χ2v) is 7.64. The molecule has 2 nitrogen and oxygen atoms in total. The van der Waals surface area contributed by atoms with Gasteiger partial charge in [-0.2, -0.15) is 0 Å². The van der Waals surface area contributed by atoms with Crippen LogP contribution in [-0.4, -0.2) is 26.3 Å². The van der Waals surface area contributed by atoms with Gasteiger partial charge in [-0.05, 0) is 60.5 Å². The van der Waals surface area contributed by atoms with Gasteiger partial charge in [0.1, 0.15) is 0 Å². The first-order valence-electron chi connectivity index (χ1n) is 9.21. The molecule has 2 heteroatoms. The molecule has 1 aromatic rings. The average molecular weight is 299 g/mol. The molecule has 2 atom stereocenters. The van der Waals surface area contributed by atoms with Crippen molar-refractivity contribution in [3.8, 4) is 0 Å². The number of para-hydroxylation sites is 1. The summed E-state index contributed by atoms with van der Waals surface area (Å²) in [5.41, 5.74) is 4.79. The van der Waals surface area contributed by atoms with Gasteiger partial charge in [0.05, 0.1) is 13.2 Å². The summed E-state index contributed by atoms with van der Waals surface area (Å²) in [6, 6.07) is 7.11. The monoisotopic (exact) mass is 299 g/mol. The lowest BCUT2D eigenvalue weighted by Gasteiger charge is -2.35. The van der Waals surface area contributed by atoms with Gasteiger partial charge in [0, 0.05) is 18.8 Å². The Morgan fingerprint density at radius 2 is 1.41 bits per heavy atom. The average Bonchev–Trinajstić information content (AvgIpc) is 3.45. The second-order valence-electron chi connectivity index (χ2n) is 7.64. The van der Waals surface area contributed by atoms with Crippen LogP contribution in [0.25, 0.3) is 0 Å². The molecule has 3 aliphatic rings. The van der Waals surface area contributed by atoms with Gasteiger partial charge in [-0.25, -0.2) is 0 Å². The standard InChI is InChI=1S/C20H29NO/c1-14(16-6-7-16)18-4-3-5-19(15(2)17-8-9-17)20(18)21-10-12-22-13-11-21/h3-5,14-17H,6-13H2,1-2H3. The third kappa shape index (κ3) is 2.78. The molecule has 1 saturated heterocycles. The molecule has 22 heavy (non-hydrogen) atoms. The molecule has 1 aromatic carbocycles. The van der Waals surface area contributed by atoms with E-state index in [4.69, 9.17) is 4.74 Å². The molecular weight excluding hydrogens is 270 g/mol. The summed E-state index contributed by atoms with van der Waals surface area (Å²) < 4.78 is 5.60. The quantitative estimate of drug-likeness (QED) is 0.791. The Kier molecular flexibility index (Phi) is 3.89. The molecule has 2 unspecified atom stereocenters. The van der Waals surface area contributed by atoms with E-state index in [2.05, 4.69) is 36.9 Å². The number of morpholine rings is 1. The first kappa shape index (κ1) is 14.6. The van der Waals surface area contributed by atoms with E-state index in [0.717, 1.165) is 38.1 Å². The van der Waals surface area contributed by atoms with Crippen LogP contribution in [0.15, 0.2) is 18.2 Å². The molecule has 2 aliphatic carbocycles. The maximum Gasteiger partial charge on any atom is 0.0642 e.